The summed E-state index contributed by atoms with van der Waals surface area (Å²) in [7, 11) is 0. The zero-order chi connectivity index (χ0) is 80.3. The molecule has 0 saturated carbocycles. The fourth-order valence-electron chi connectivity index (χ4n) is 11.4. The van der Waals surface area contributed by atoms with Gasteiger partial charge in [-0.25, -0.2) is 19.2 Å². The summed E-state index contributed by atoms with van der Waals surface area (Å²) in [5.41, 5.74) is 12.3. The number of guanidine groups is 2. The number of aliphatic carboxylic acids is 5. The summed E-state index contributed by atoms with van der Waals surface area (Å²) in [5, 5.41) is 96.3. The molecule has 1 aliphatic rings. The molecule has 606 valence electrons. The Hall–Kier alpha value is -11.0. The minimum Gasteiger partial charge on any atom is -0.481 e. The van der Waals surface area contributed by atoms with Crippen molar-refractivity contribution in [2.75, 3.05) is 105 Å². The summed E-state index contributed by atoms with van der Waals surface area (Å²) >= 11 is 0. The molecule has 0 aliphatic carbocycles. The van der Waals surface area contributed by atoms with Gasteiger partial charge in [-0.1, -0.05) is 79.9 Å². The van der Waals surface area contributed by atoms with Gasteiger partial charge in [-0.2, -0.15) is 0 Å². The Kier molecular flexibility index (Phi) is 45.5. The van der Waals surface area contributed by atoms with Gasteiger partial charge in [0.05, 0.1) is 26.2 Å². The Balaban J connectivity index is 1.62. The molecule has 0 unspecified atom stereocenters. The van der Waals surface area contributed by atoms with Gasteiger partial charge in [-0.05, 0) is 94.6 Å². The SMILES string of the molecule is N=C(N)NCCC[C@H](NC(=O)CNC(=O)[C@H](CCCNC(=N)N)NC(=O)[C@H](Cc1ccccc1)NC(=O)[C@H](Cc1ccccc1)NC(=O)CCCCCCCNC(=O)NCCCC[C@H](NC(=O)NCCCC(=O)O)C(=O)O)C(=O)N[C@@H](CCCCNC(=O)CN1CCN(CC(=O)O)CCN(CC(=O)O)CC1)C(=O)O. The van der Waals surface area contributed by atoms with Crippen LogP contribution in [0.15, 0.2) is 60.7 Å². The minimum absolute atomic E-state index is 0.0298. The number of rotatable bonds is 54. The third-order valence-corrected chi connectivity index (χ3v) is 17.2. The number of nitrogens with one attached hydrogen (secondary N) is 15. The van der Waals surface area contributed by atoms with Crippen LogP contribution in [-0.2, 0) is 70.4 Å². The zero-order valence-electron chi connectivity index (χ0n) is 61.6. The van der Waals surface area contributed by atoms with E-state index in [0.717, 1.165) is 12.8 Å². The molecule has 1 saturated heterocycles. The lowest BCUT2D eigenvalue weighted by Crippen LogP contribution is -2.58. The van der Waals surface area contributed by atoms with Crippen LogP contribution in [0.4, 0.5) is 9.59 Å². The van der Waals surface area contributed by atoms with Crippen molar-refractivity contribution in [2.24, 2.45) is 11.5 Å². The maximum absolute atomic E-state index is 14.6. The van der Waals surface area contributed by atoms with Crippen molar-refractivity contribution in [1.82, 2.24) is 83.8 Å². The summed E-state index contributed by atoms with van der Waals surface area (Å²) in [6.07, 6.45) is 4.63. The first-order valence-corrected chi connectivity index (χ1v) is 36.7. The van der Waals surface area contributed by atoms with Gasteiger partial charge in [-0.15, -0.1) is 0 Å². The topological polar surface area (TPSA) is 606 Å². The number of benzene rings is 2. The van der Waals surface area contributed by atoms with E-state index in [-0.39, 0.29) is 154 Å². The molecule has 1 heterocycles. The third kappa shape index (κ3) is 44.1. The van der Waals surface area contributed by atoms with E-state index >= 15 is 0 Å². The number of carbonyl (C=O) groups is 14. The number of carboxylic acid groups (broad SMARTS) is 5. The molecule has 0 aromatic heterocycles. The van der Waals surface area contributed by atoms with Crippen LogP contribution in [0.3, 0.4) is 0 Å². The summed E-state index contributed by atoms with van der Waals surface area (Å²) in [6, 6.07) is 8.44. The molecule has 3 rings (SSSR count). The smallest absolute Gasteiger partial charge is 0.326 e. The van der Waals surface area contributed by atoms with Gasteiger partial charge in [-0.3, -0.25) is 73.5 Å². The Bertz CT molecular complexity index is 3220. The molecule has 2 aromatic rings. The molecule has 0 bridgehead atoms. The number of amides is 11. The van der Waals surface area contributed by atoms with Crippen LogP contribution in [0.1, 0.15) is 127 Å². The molecule has 11 amide bonds. The Morgan fingerprint density at radius 1 is 0.339 bits per heavy atom. The van der Waals surface area contributed by atoms with E-state index in [9.17, 15) is 87.5 Å². The van der Waals surface area contributed by atoms with Crippen LogP contribution < -0.4 is 80.6 Å². The van der Waals surface area contributed by atoms with Crippen molar-refractivity contribution < 1.29 is 92.7 Å². The molecular formula is C70H112N20O19. The Morgan fingerprint density at radius 3 is 1.20 bits per heavy atom. The van der Waals surface area contributed by atoms with Gasteiger partial charge in [0.1, 0.15) is 36.3 Å². The Labute approximate surface area is 632 Å². The van der Waals surface area contributed by atoms with Crippen molar-refractivity contribution in [2.45, 2.75) is 165 Å². The van der Waals surface area contributed by atoms with Gasteiger partial charge in [0.2, 0.25) is 41.4 Å². The second-order valence-electron chi connectivity index (χ2n) is 26.3. The lowest BCUT2D eigenvalue weighted by Gasteiger charge is -2.26. The first-order valence-electron chi connectivity index (χ1n) is 36.7. The van der Waals surface area contributed by atoms with Crippen molar-refractivity contribution in [3.63, 3.8) is 0 Å². The monoisotopic (exact) mass is 1540 g/mol. The molecule has 39 heteroatoms. The highest BCUT2D eigenvalue weighted by Crippen LogP contribution is 2.13. The van der Waals surface area contributed by atoms with Gasteiger partial charge < -0.3 is 106 Å². The van der Waals surface area contributed by atoms with E-state index in [1.54, 1.807) is 75.4 Å². The number of hydrogen-bond acceptors (Lipinski definition) is 19. The van der Waals surface area contributed by atoms with E-state index in [0.29, 0.717) is 89.0 Å². The van der Waals surface area contributed by atoms with Crippen molar-refractivity contribution in [1.29, 1.82) is 10.8 Å². The number of carbonyl (C=O) groups excluding carboxylic acids is 9. The maximum Gasteiger partial charge on any atom is 0.326 e. The molecule has 24 N–H and O–H groups in total. The molecule has 39 nitrogen and oxygen atoms in total. The Morgan fingerprint density at radius 2 is 0.716 bits per heavy atom. The predicted octanol–water partition coefficient (Wildman–Crippen LogP) is -2.57. The van der Waals surface area contributed by atoms with E-state index in [1.807, 2.05) is 0 Å². The fourth-order valence-corrected chi connectivity index (χ4v) is 11.4. The van der Waals surface area contributed by atoms with Gasteiger partial charge in [0, 0.05) is 104 Å². The minimum atomic E-state index is -1.46. The van der Waals surface area contributed by atoms with E-state index in [2.05, 4.69) is 69.1 Å². The van der Waals surface area contributed by atoms with E-state index in [1.165, 1.54) is 0 Å². The highest BCUT2D eigenvalue weighted by atomic mass is 16.4. The number of unbranched alkanes of at least 4 members (excludes halogenated alkanes) is 6. The first kappa shape index (κ1) is 92.2. The second-order valence-corrected chi connectivity index (χ2v) is 26.3. The van der Waals surface area contributed by atoms with E-state index < -0.39 is 120 Å². The van der Waals surface area contributed by atoms with Crippen LogP contribution >= 0.6 is 0 Å². The molecule has 6 atom stereocenters. The van der Waals surface area contributed by atoms with E-state index in [4.69, 9.17) is 27.4 Å². The lowest BCUT2D eigenvalue weighted by atomic mass is 10.0. The lowest BCUT2D eigenvalue weighted by molar-refractivity contribution is -0.142. The molecule has 0 spiro atoms. The van der Waals surface area contributed by atoms with Crippen LogP contribution in [0.2, 0.25) is 0 Å². The average Bonchev–Trinajstić information content (AvgIpc) is 1.13. The first-order chi connectivity index (χ1) is 52.1. The largest absolute Gasteiger partial charge is 0.481 e. The van der Waals surface area contributed by atoms with Crippen molar-refractivity contribution >= 4 is 95.2 Å². The van der Waals surface area contributed by atoms with Crippen LogP contribution in [0.25, 0.3) is 0 Å². The van der Waals surface area contributed by atoms with Crippen molar-refractivity contribution in [3.8, 4) is 0 Å². The summed E-state index contributed by atoms with van der Waals surface area (Å²) in [4.78, 5) is 185. The molecule has 0 radical (unpaired) electrons. The molecule has 1 aliphatic heterocycles. The highest BCUT2D eigenvalue weighted by molar-refractivity contribution is 5.96. The average molecular weight is 1540 g/mol. The zero-order valence-corrected chi connectivity index (χ0v) is 61.6. The van der Waals surface area contributed by atoms with Crippen LogP contribution in [-0.4, -0.2) is 276 Å². The number of hydrogen-bond donors (Lipinski definition) is 22. The quantitative estimate of drug-likeness (QED) is 0.0184. The van der Waals surface area contributed by atoms with Crippen LogP contribution in [0.5, 0.6) is 0 Å². The number of nitrogens with two attached hydrogens (primary N) is 2. The fraction of sp³-hybridized carbons (Fsp3) is 0.600. The molecule has 2 aromatic carbocycles. The predicted molar refractivity (Wildman–Crippen MR) is 398 cm³/mol. The molecule has 1 fully saturated rings. The summed E-state index contributed by atoms with van der Waals surface area (Å²) < 4.78 is 0. The number of nitrogens with zero attached hydrogens (tertiary/aromatic N) is 3. The summed E-state index contributed by atoms with van der Waals surface area (Å²) in [5.74, 6) is -11.5. The third-order valence-electron chi connectivity index (χ3n) is 17.2. The highest BCUT2D eigenvalue weighted by Gasteiger charge is 2.32. The molecular weight excluding hydrogens is 1420 g/mol. The van der Waals surface area contributed by atoms with Gasteiger partial charge >= 0.3 is 41.9 Å². The standard InChI is InChI=1S/C70H112N20O19/c71-67(72)76-32-16-25-49(61(100)81-43-56(92)82-50(26-17-33-77-68(73)74)62(101)85-51(65(104)105)23-11-14-29-75-57(93)44-88-35-37-89(45-59(96)97)39-40-90(38-36-88)46-60(98)99)84-64(103)54(42-48-21-8-5-9-22-48)86-63(102)53(41-47-19-6-4-7-20-47)83-55(91)27-10-2-1-3-13-30-78-69(108)79-31-15-12-24-52(66(106)107)87-70(109)80-34-18-28-58(94)95/h4-9,19-22,49-54H,1-3,10-18,23-46H2,(H,75,93)(H,81,100)(H,82,92)(H,83,91)(H,84,103)(H,85,101)(H,86,102)(H,94,95)(H,96,97)(H,98,99)(H,104,105)(H,106,107)(H4,71,72,76)(H4,73,74,77)(H2,78,79,108)(H2,80,87,109)/t49-,50-,51-,52-,53-,54-/m0/s1. The van der Waals surface area contributed by atoms with Gasteiger partial charge in [0.15, 0.2) is 11.9 Å². The number of carboxylic acids is 5. The molecule has 109 heavy (non-hydrogen) atoms. The second kappa shape index (κ2) is 53.8. The van der Waals surface area contributed by atoms with Gasteiger partial charge in [0.25, 0.3) is 0 Å². The maximum atomic E-state index is 14.6. The van der Waals surface area contributed by atoms with Crippen molar-refractivity contribution in [3.05, 3.63) is 71.8 Å². The van der Waals surface area contributed by atoms with Crippen LogP contribution in [0, 0.1) is 10.8 Å². The summed E-state index contributed by atoms with van der Waals surface area (Å²) in [6.45, 7) is 1.58. The normalized spacial score (nSPS) is 14.2. The number of urea groups is 2.